The Hall–Kier alpha value is -3.05. The number of pyridine rings is 2. The van der Waals surface area contributed by atoms with Gasteiger partial charge in [-0.1, -0.05) is 18.2 Å². The lowest BCUT2D eigenvalue weighted by molar-refractivity contribution is 0.181. The predicted molar refractivity (Wildman–Crippen MR) is 104 cm³/mol. The van der Waals surface area contributed by atoms with E-state index in [0.29, 0.717) is 12.5 Å². The van der Waals surface area contributed by atoms with Crippen molar-refractivity contribution in [2.75, 3.05) is 13.2 Å². The topological polar surface area (TPSA) is 52.8 Å². The molecule has 5 rings (SSSR count). The second-order valence-electron chi connectivity index (χ2n) is 6.99. The standard InChI is InChI=1S/C22H20N4O/c1-2-17-3-4-18(13-20(17)24-7-1)22-25-10-11-26(22)21-15-27-14-19(21)12-16-5-8-23-9-6-16/h1-11,13,19,21H,12,14-15H2/t19-,21-/m1/s1. The van der Waals surface area contributed by atoms with Gasteiger partial charge in [-0.3, -0.25) is 9.97 Å². The summed E-state index contributed by atoms with van der Waals surface area (Å²) in [4.78, 5) is 13.2. The van der Waals surface area contributed by atoms with Crippen molar-refractivity contribution in [2.45, 2.75) is 12.5 Å². The molecule has 4 heterocycles. The molecule has 0 N–H and O–H groups in total. The van der Waals surface area contributed by atoms with E-state index in [4.69, 9.17) is 4.74 Å². The first-order valence-electron chi connectivity index (χ1n) is 9.23. The van der Waals surface area contributed by atoms with Crippen LogP contribution in [-0.4, -0.2) is 32.7 Å². The van der Waals surface area contributed by atoms with Gasteiger partial charge in [-0.05, 0) is 36.2 Å². The Bertz CT molecular complexity index is 1060. The van der Waals surface area contributed by atoms with Crippen LogP contribution in [0.2, 0.25) is 0 Å². The van der Waals surface area contributed by atoms with Gasteiger partial charge in [0.05, 0.1) is 24.8 Å². The van der Waals surface area contributed by atoms with E-state index < -0.39 is 0 Å². The number of hydrogen-bond donors (Lipinski definition) is 0. The van der Waals surface area contributed by atoms with Crippen molar-refractivity contribution in [1.82, 2.24) is 19.5 Å². The Morgan fingerprint density at radius 3 is 2.81 bits per heavy atom. The molecule has 0 spiro atoms. The summed E-state index contributed by atoms with van der Waals surface area (Å²) in [6.45, 7) is 1.48. The summed E-state index contributed by atoms with van der Waals surface area (Å²) >= 11 is 0. The van der Waals surface area contributed by atoms with Crippen molar-refractivity contribution in [3.8, 4) is 11.4 Å². The van der Waals surface area contributed by atoms with E-state index in [1.807, 2.05) is 30.9 Å². The Kier molecular flexibility index (Phi) is 4.14. The molecule has 1 saturated heterocycles. The first-order valence-corrected chi connectivity index (χ1v) is 9.23. The number of rotatable bonds is 4. The molecule has 0 bridgehead atoms. The highest BCUT2D eigenvalue weighted by atomic mass is 16.5. The maximum atomic E-state index is 5.85. The Balaban J connectivity index is 1.48. The van der Waals surface area contributed by atoms with Crippen LogP contribution in [0.3, 0.4) is 0 Å². The summed E-state index contributed by atoms with van der Waals surface area (Å²) in [7, 11) is 0. The normalized spacial score (nSPS) is 19.6. The molecule has 1 fully saturated rings. The summed E-state index contributed by atoms with van der Waals surface area (Å²) in [5.41, 5.74) is 3.36. The zero-order valence-corrected chi connectivity index (χ0v) is 14.9. The molecule has 2 atom stereocenters. The molecule has 27 heavy (non-hydrogen) atoms. The minimum Gasteiger partial charge on any atom is -0.379 e. The van der Waals surface area contributed by atoms with Gasteiger partial charge >= 0.3 is 0 Å². The summed E-state index contributed by atoms with van der Waals surface area (Å²) in [5, 5.41) is 1.14. The summed E-state index contributed by atoms with van der Waals surface area (Å²) in [5.74, 6) is 1.39. The first kappa shape index (κ1) is 16.1. The third-order valence-electron chi connectivity index (χ3n) is 5.30. The third-order valence-corrected chi connectivity index (χ3v) is 5.30. The molecule has 1 aliphatic heterocycles. The lowest BCUT2D eigenvalue weighted by Gasteiger charge is -2.21. The van der Waals surface area contributed by atoms with Crippen molar-refractivity contribution < 1.29 is 4.74 Å². The van der Waals surface area contributed by atoms with E-state index in [1.165, 1.54) is 5.56 Å². The van der Waals surface area contributed by atoms with Gasteiger partial charge in [-0.25, -0.2) is 4.98 Å². The molecular weight excluding hydrogens is 336 g/mol. The molecule has 0 saturated carbocycles. The van der Waals surface area contributed by atoms with Crippen LogP contribution in [0.25, 0.3) is 22.3 Å². The molecule has 0 unspecified atom stereocenters. The van der Waals surface area contributed by atoms with Gasteiger partial charge in [0, 0.05) is 47.9 Å². The van der Waals surface area contributed by atoms with Gasteiger partial charge < -0.3 is 9.30 Å². The lowest BCUT2D eigenvalue weighted by atomic mass is 9.95. The quantitative estimate of drug-likeness (QED) is 0.556. The average molecular weight is 356 g/mol. The molecule has 1 aromatic carbocycles. The highest BCUT2D eigenvalue weighted by Crippen LogP contribution is 2.33. The Labute approximate surface area is 157 Å². The van der Waals surface area contributed by atoms with Crippen LogP contribution in [-0.2, 0) is 11.2 Å². The fraction of sp³-hybridized carbons (Fsp3) is 0.227. The lowest BCUT2D eigenvalue weighted by Crippen LogP contribution is -2.20. The van der Waals surface area contributed by atoms with Gasteiger partial charge in [0.25, 0.3) is 0 Å². The van der Waals surface area contributed by atoms with Crippen LogP contribution in [0.15, 0.2) is 73.4 Å². The van der Waals surface area contributed by atoms with E-state index in [2.05, 4.69) is 62.1 Å². The van der Waals surface area contributed by atoms with Crippen molar-refractivity contribution in [3.63, 3.8) is 0 Å². The van der Waals surface area contributed by atoms with Gasteiger partial charge in [0.2, 0.25) is 0 Å². The smallest absolute Gasteiger partial charge is 0.140 e. The largest absolute Gasteiger partial charge is 0.379 e. The highest BCUT2D eigenvalue weighted by molar-refractivity contribution is 5.82. The van der Waals surface area contributed by atoms with Crippen molar-refractivity contribution >= 4 is 10.9 Å². The van der Waals surface area contributed by atoms with Gasteiger partial charge in [0.1, 0.15) is 5.82 Å². The molecular formula is C22H20N4O. The zero-order chi connectivity index (χ0) is 18.1. The molecule has 0 radical (unpaired) electrons. The molecule has 4 aromatic rings. The minimum atomic E-state index is 0.273. The maximum absolute atomic E-state index is 5.85. The summed E-state index contributed by atoms with van der Waals surface area (Å²) < 4.78 is 8.12. The van der Waals surface area contributed by atoms with E-state index >= 15 is 0 Å². The fourth-order valence-electron chi connectivity index (χ4n) is 3.92. The van der Waals surface area contributed by atoms with E-state index in [1.54, 1.807) is 0 Å². The number of nitrogens with zero attached hydrogens (tertiary/aromatic N) is 4. The van der Waals surface area contributed by atoms with E-state index in [0.717, 1.165) is 35.3 Å². The minimum absolute atomic E-state index is 0.273. The van der Waals surface area contributed by atoms with Crippen LogP contribution in [0.1, 0.15) is 11.6 Å². The Morgan fingerprint density at radius 2 is 1.89 bits per heavy atom. The molecule has 0 aliphatic carbocycles. The molecule has 3 aromatic heterocycles. The summed E-state index contributed by atoms with van der Waals surface area (Å²) in [6, 6.07) is 14.8. The fourth-order valence-corrected chi connectivity index (χ4v) is 3.92. The van der Waals surface area contributed by atoms with Gasteiger partial charge in [-0.15, -0.1) is 0 Å². The van der Waals surface area contributed by atoms with Crippen LogP contribution in [0.5, 0.6) is 0 Å². The SMILES string of the molecule is c1cnc2cc(-c3nccn3[C@@H]3COC[C@H]3Cc3ccncc3)ccc2c1. The van der Waals surface area contributed by atoms with Gasteiger partial charge in [-0.2, -0.15) is 0 Å². The van der Waals surface area contributed by atoms with Crippen LogP contribution >= 0.6 is 0 Å². The number of hydrogen-bond acceptors (Lipinski definition) is 4. The summed E-state index contributed by atoms with van der Waals surface area (Å²) in [6.07, 6.45) is 10.4. The third kappa shape index (κ3) is 3.11. The first-order chi connectivity index (χ1) is 13.4. The second-order valence-corrected chi connectivity index (χ2v) is 6.99. The van der Waals surface area contributed by atoms with Crippen LogP contribution in [0, 0.1) is 5.92 Å². The molecule has 1 aliphatic rings. The zero-order valence-electron chi connectivity index (χ0n) is 14.9. The molecule has 5 heteroatoms. The van der Waals surface area contributed by atoms with Crippen molar-refractivity contribution in [1.29, 1.82) is 0 Å². The monoisotopic (exact) mass is 356 g/mol. The number of ether oxygens (including phenoxy) is 1. The van der Waals surface area contributed by atoms with E-state index in [9.17, 15) is 0 Å². The van der Waals surface area contributed by atoms with Crippen LogP contribution < -0.4 is 0 Å². The predicted octanol–water partition coefficient (Wildman–Crippen LogP) is 3.92. The number of fused-ring (bicyclic) bond motifs is 1. The molecule has 0 amide bonds. The Morgan fingerprint density at radius 1 is 0.963 bits per heavy atom. The maximum Gasteiger partial charge on any atom is 0.140 e. The number of benzene rings is 1. The molecule has 5 nitrogen and oxygen atoms in total. The van der Waals surface area contributed by atoms with Crippen LogP contribution in [0.4, 0.5) is 0 Å². The van der Waals surface area contributed by atoms with E-state index in [-0.39, 0.29) is 6.04 Å². The molecule has 134 valence electrons. The average Bonchev–Trinajstić information content (AvgIpc) is 3.37. The highest BCUT2D eigenvalue weighted by Gasteiger charge is 2.31. The number of aromatic nitrogens is 4. The van der Waals surface area contributed by atoms with Gasteiger partial charge in [0.15, 0.2) is 0 Å². The number of imidazole rings is 1. The second kappa shape index (κ2) is 6.93. The van der Waals surface area contributed by atoms with Crippen molar-refractivity contribution in [2.24, 2.45) is 5.92 Å². The van der Waals surface area contributed by atoms with Crippen molar-refractivity contribution in [3.05, 3.63) is 79.0 Å².